The molecule has 0 spiro atoms. The maximum atomic E-state index is 11.0. The summed E-state index contributed by atoms with van der Waals surface area (Å²) in [5.41, 5.74) is 0. The van der Waals surface area contributed by atoms with Gasteiger partial charge in [-0.3, -0.25) is 0 Å². The van der Waals surface area contributed by atoms with Crippen LogP contribution in [0.2, 0.25) is 0 Å². The summed E-state index contributed by atoms with van der Waals surface area (Å²) in [6.45, 7) is 0.327. The van der Waals surface area contributed by atoms with Gasteiger partial charge in [0, 0.05) is 19.2 Å². The van der Waals surface area contributed by atoms with Crippen LogP contribution in [0.1, 0.15) is 6.42 Å². The Hall–Kier alpha value is -1.62. The number of rotatable bonds is 2. The Kier molecular flexibility index (Phi) is 2.55. The molecule has 80 valence electrons. The number of anilines is 1. The van der Waals surface area contributed by atoms with E-state index in [1.54, 1.807) is 29.3 Å². The lowest BCUT2D eigenvalue weighted by Crippen LogP contribution is -2.36. The highest BCUT2D eigenvalue weighted by Crippen LogP contribution is 2.23. The summed E-state index contributed by atoms with van der Waals surface area (Å²) in [5.74, 6) is -0.321. The minimum atomic E-state index is -0.919. The second-order valence-electron chi connectivity index (χ2n) is 3.58. The van der Waals surface area contributed by atoms with E-state index in [2.05, 4.69) is 4.98 Å². The van der Waals surface area contributed by atoms with E-state index >= 15 is 0 Å². The third-order valence-corrected chi connectivity index (χ3v) is 2.51. The van der Waals surface area contributed by atoms with Crippen LogP contribution < -0.4 is 4.90 Å². The molecular weight excluding hydrogens is 196 g/mol. The average Bonchev–Trinajstić information content (AvgIpc) is 2.62. The molecule has 0 saturated carbocycles. The van der Waals surface area contributed by atoms with Gasteiger partial charge in [0.25, 0.3) is 0 Å². The lowest BCUT2D eigenvalue weighted by molar-refractivity contribution is -0.138. The fourth-order valence-corrected chi connectivity index (χ4v) is 1.82. The van der Waals surface area contributed by atoms with Gasteiger partial charge in [0.2, 0.25) is 0 Å². The van der Waals surface area contributed by atoms with Crippen LogP contribution in [-0.2, 0) is 4.79 Å². The van der Waals surface area contributed by atoms with Crippen LogP contribution in [0.4, 0.5) is 5.82 Å². The molecule has 1 aromatic rings. The van der Waals surface area contributed by atoms with Crippen LogP contribution in [0.25, 0.3) is 0 Å². The number of aliphatic hydroxyl groups is 1. The lowest BCUT2D eigenvalue weighted by atomic mass is 10.2. The smallest absolute Gasteiger partial charge is 0.326 e. The molecule has 1 saturated heterocycles. The number of aliphatic hydroxyl groups excluding tert-OH is 1. The first-order valence-electron chi connectivity index (χ1n) is 4.77. The second-order valence-corrected chi connectivity index (χ2v) is 3.58. The molecule has 0 aliphatic carbocycles. The molecule has 1 aromatic heterocycles. The number of aliphatic carboxylic acids is 1. The SMILES string of the molecule is O=C(O)C1CC(O)CN1c1ccccn1. The van der Waals surface area contributed by atoms with Crippen molar-refractivity contribution < 1.29 is 15.0 Å². The monoisotopic (exact) mass is 208 g/mol. The van der Waals surface area contributed by atoms with Gasteiger partial charge in [-0.15, -0.1) is 0 Å². The molecule has 5 heteroatoms. The van der Waals surface area contributed by atoms with Crippen molar-refractivity contribution in [1.82, 2.24) is 4.98 Å². The molecular formula is C10H12N2O3. The highest BCUT2D eigenvalue weighted by Gasteiger charge is 2.36. The highest BCUT2D eigenvalue weighted by atomic mass is 16.4. The highest BCUT2D eigenvalue weighted by molar-refractivity contribution is 5.78. The van der Waals surface area contributed by atoms with Crippen LogP contribution in [0.5, 0.6) is 0 Å². The maximum Gasteiger partial charge on any atom is 0.326 e. The number of β-amino-alcohol motifs (C(OH)–C–C–N with tert-alkyl or cyclic N) is 1. The molecule has 2 N–H and O–H groups in total. The van der Waals surface area contributed by atoms with Crippen molar-refractivity contribution in [2.45, 2.75) is 18.6 Å². The van der Waals surface area contributed by atoms with Gasteiger partial charge < -0.3 is 15.1 Å². The largest absolute Gasteiger partial charge is 0.480 e. The van der Waals surface area contributed by atoms with Crippen molar-refractivity contribution in [2.75, 3.05) is 11.4 Å². The molecule has 2 unspecified atom stereocenters. The van der Waals surface area contributed by atoms with E-state index in [1.807, 2.05) is 0 Å². The fourth-order valence-electron chi connectivity index (χ4n) is 1.82. The van der Waals surface area contributed by atoms with E-state index in [-0.39, 0.29) is 6.42 Å². The Morgan fingerprint density at radius 1 is 1.53 bits per heavy atom. The standard InChI is InChI=1S/C10H12N2O3/c13-7-5-8(10(14)15)12(6-7)9-3-1-2-4-11-9/h1-4,7-8,13H,5-6H2,(H,14,15). The van der Waals surface area contributed by atoms with E-state index in [1.165, 1.54) is 0 Å². The number of carboxylic acids is 1. The molecule has 0 radical (unpaired) electrons. The minimum absolute atomic E-state index is 0.256. The number of carbonyl (C=O) groups is 1. The van der Waals surface area contributed by atoms with E-state index in [0.717, 1.165) is 0 Å². The van der Waals surface area contributed by atoms with Gasteiger partial charge in [-0.1, -0.05) is 6.07 Å². The molecule has 0 aromatic carbocycles. The molecule has 2 heterocycles. The van der Waals surface area contributed by atoms with Crippen molar-refractivity contribution in [3.63, 3.8) is 0 Å². The molecule has 1 aliphatic heterocycles. The summed E-state index contributed by atoms with van der Waals surface area (Å²) in [4.78, 5) is 16.6. The molecule has 1 aliphatic rings. The first-order valence-corrected chi connectivity index (χ1v) is 4.77. The quantitative estimate of drug-likeness (QED) is 0.721. The van der Waals surface area contributed by atoms with Crippen molar-refractivity contribution >= 4 is 11.8 Å². The van der Waals surface area contributed by atoms with E-state index in [0.29, 0.717) is 12.4 Å². The first-order chi connectivity index (χ1) is 7.18. The zero-order valence-electron chi connectivity index (χ0n) is 8.08. The van der Waals surface area contributed by atoms with Gasteiger partial charge in [-0.2, -0.15) is 0 Å². The normalized spacial score (nSPS) is 25.5. The Balaban J connectivity index is 2.24. The Labute approximate surface area is 87.0 Å². The molecule has 2 atom stereocenters. The van der Waals surface area contributed by atoms with E-state index < -0.39 is 18.1 Å². The second kappa shape index (κ2) is 3.86. The average molecular weight is 208 g/mol. The zero-order chi connectivity index (χ0) is 10.8. The topological polar surface area (TPSA) is 73.7 Å². The van der Waals surface area contributed by atoms with Crippen molar-refractivity contribution in [1.29, 1.82) is 0 Å². The third-order valence-electron chi connectivity index (χ3n) is 2.51. The molecule has 2 rings (SSSR count). The predicted molar refractivity (Wildman–Crippen MR) is 53.6 cm³/mol. The summed E-state index contributed by atoms with van der Waals surface area (Å²) in [7, 11) is 0. The lowest BCUT2D eigenvalue weighted by Gasteiger charge is -2.21. The molecule has 0 amide bonds. The van der Waals surface area contributed by atoms with Crippen LogP contribution in [0, 0.1) is 0 Å². The minimum Gasteiger partial charge on any atom is -0.480 e. The van der Waals surface area contributed by atoms with Gasteiger partial charge >= 0.3 is 5.97 Å². The Morgan fingerprint density at radius 3 is 2.93 bits per heavy atom. The van der Waals surface area contributed by atoms with Gasteiger partial charge in [-0.25, -0.2) is 9.78 Å². The Morgan fingerprint density at radius 2 is 2.33 bits per heavy atom. The number of pyridine rings is 1. The molecule has 1 fully saturated rings. The van der Waals surface area contributed by atoms with Crippen molar-refractivity contribution in [2.24, 2.45) is 0 Å². The first kappa shape index (κ1) is 9.92. The summed E-state index contributed by atoms with van der Waals surface area (Å²) in [6.07, 6.45) is 1.28. The Bertz CT molecular complexity index is 355. The van der Waals surface area contributed by atoms with Crippen LogP contribution in [0.15, 0.2) is 24.4 Å². The van der Waals surface area contributed by atoms with Crippen molar-refractivity contribution in [3.05, 3.63) is 24.4 Å². The number of hydrogen-bond acceptors (Lipinski definition) is 4. The number of hydrogen-bond donors (Lipinski definition) is 2. The van der Waals surface area contributed by atoms with Crippen LogP contribution >= 0.6 is 0 Å². The zero-order valence-corrected chi connectivity index (χ0v) is 8.08. The molecule has 5 nitrogen and oxygen atoms in total. The summed E-state index contributed by atoms with van der Waals surface area (Å²) in [6, 6.07) is 4.64. The third kappa shape index (κ3) is 1.92. The summed E-state index contributed by atoms with van der Waals surface area (Å²) >= 11 is 0. The van der Waals surface area contributed by atoms with Crippen LogP contribution in [0.3, 0.4) is 0 Å². The molecule has 0 bridgehead atoms. The summed E-state index contributed by atoms with van der Waals surface area (Å²) in [5, 5.41) is 18.4. The van der Waals surface area contributed by atoms with E-state index in [4.69, 9.17) is 5.11 Å². The van der Waals surface area contributed by atoms with Gasteiger partial charge in [0.15, 0.2) is 0 Å². The van der Waals surface area contributed by atoms with Gasteiger partial charge in [0.05, 0.1) is 6.10 Å². The molecule has 15 heavy (non-hydrogen) atoms. The van der Waals surface area contributed by atoms with Crippen molar-refractivity contribution in [3.8, 4) is 0 Å². The number of carboxylic acid groups (broad SMARTS) is 1. The van der Waals surface area contributed by atoms with Crippen LogP contribution in [-0.4, -0.2) is 39.9 Å². The number of nitrogens with zero attached hydrogens (tertiary/aromatic N) is 2. The van der Waals surface area contributed by atoms with Gasteiger partial charge in [-0.05, 0) is 12.1 Å². The van der Waals surface area contributed by atoms with E-state index in [9.17, 15) is 9.90 Å². The number of aromatic nitrogens is 1. The van der Waals surface area contributed by atoms with Gasteiger partial charge in [0.1, 0.15) is 11.9 Å². The predicted octanol–water partition coefficient (Wildman–Crippen LogP) is 0.106. The fraction of sp³-hybridized carbons (Fsp3) is 0.400. The maximum absolute atomic E-state index is 11.0. The summed E-state index contributed by atoms with van der Waals surface area (Å²) < 4.78 is 0.